The summed E-state index contributed by atoms with van der Waals surface area (Å²) in [5.41, 5.74) is 2.21. The van der Waals surface area contributed by atoms with Gasteiger partial charge in [-0.25, -0.2) is 0 Å². The summed E-state index contributed by atoms with van der Waals surface area (Å²) in [7, 11) is 0. The molecule has 1 N–H and O–H groups in total. The monoisotopic (exact) mass is 176 g/mol. The number of allylic oxidation sites excluding steroid dienone is 1. The average Bonchev–Trinajstić information content (AvgIpc) is 2.15. The highest BCUT2D eigenvalue weighted by Gasteiger charge is 2.03. The van der Waals surface area contributed by atoms with Crippen LogP contribution in [0.4, 0.5) is 0 Å². The van der Waals surface area contributed by atoms with E-state index < -0.39 is 0 Å². The maximum absolute atomic E-state index is 9.69. The minimum Gasteiger partial charge on any atom is -0.388 e. The molecular formula is C12H16O. The number of aliphatic hydroxyl groups excluding tert-OH is 1. The Kier molecular flexibility index (Phi) is 3.71. The second kappa shape index (κ2) is 4.83. The minimum atomic E-state index is -0.364. The van der Waals surface area contributed by atoms with Crippen LogP contribution in [0.2, 0.25) is 0 Å². The van der Waals surface area contributed by atoms with Crippen molar-refractivity contribution in [1.82, 2.24) is 0 Å². The largest absolute Gasteiger partial charge is 0.388 e. The first kappa shape index (κ1) is 10.0. The Morgan fingerprint density at radius 2 is 1.92 bits per heavy atom. The first-order valence-corrected chi connectivity index (χ1v) is 4.60. The number of hydrogen-bond donors (Lipinski definition) is 1. The SMILES string of the molecule is CC=CC[C@H](O)c1ccc(C)cc1. The highest BCUT2D eigenvalue weighted by Crippen LogP contribution is 2.17. The van der Waals surface area contributed by atoms with Crippen molar-refractivity contribution in [2.75, 3.05) is 0 Å². The lowest BCUT2D eigenvalue weighted by Gasteiger charge is -2.07. The molecule has 0 spiro atoms. The molecule has 0 radical (unpaired) electrons. The molecule has 70 valence electrons. The fraction of sp³-hybridized carbons (Fsp3) is 0.333. The van der Waals surface area contributed by atoms with Gasteiger partial charge in [0, 0.05) is 0 Å². The zero-order valence-electron chi connectivity index (χ0n) is 8.20. The van der Waals surface area contributed by atoms with E-state index in [0.29, 0.717) is 6.42 Å². The Bertz CT molecular complexity index is 272. The summed E-state index contributed by atoms with van der Waals surface area (Å²) in [6.07, 6.45) is 4.26. The van der Waals surface area contributed by atoms with E-state index in [4.69, 9.17) is 0 Å². The predicted molar refractivity (Wildman–Crippen MR) is 55.6 cm³/mol. The van der Waals surface area contributed by atoms with E-state index in [2.05, 4.69) is 0 Å². The lowest BCUT2D eigenvalue weighted by Crippen LogP contribution is -1.94. The highest BCUT2D eigenvalue weighted by atomic mass is 16.3. The molecule has 0 bridgehead atoms. The Labute approximate surface area is 79.7 Å². The summed E-state index contributed by atoms with van der Waals surface area (Å²) in [5.74, 6) is 0. The molecule has 0 amide bonds. The average molecular weight is 176 g/mol. The predicted octanol–water partition coefficient (Wildman–Crippen LogP) is 2.99. The van der Waals surface area contributed by atoms with Gasteiger partial charge < -0.3 is 5.11 Å². The molecule has 1 aromatic carbocycles. The number of rotatable bonds is 3. The van der Waals surface area contributed by atoms with Crippen LogP contribution in [0.1, 0.15) is 30.6 Å². The maximum atomic E-state index is 9.69. The lowest BCUT2D eigenvalue weighted by molar-refractivity contribution is 0.181. The Morgan fingerprint density at radius 1 is 1.31 bits per heavy atom. The third-order valence-corrected chi connectivity index (χ3v) is 2.06. The Balaban J connectivity index is 2.66. The van der Waals surface area contributed by atoms with Crippen molar-refractivity contribution >= 4 is 0 Å². The van der Waals surface area contributed by atoms with Crippen LogP contribution < -0.4 is 0 Å². The van der Waals surface area contributed by atoms with Crippen LogP contribution in [0.3, 0.4) is 0 Å². The van der Waals surface area contributed by atoms with Crippen molar-refractivity contribution in [3.63, 3.8) is 0 Å². The third-order valence-electron chi connectivity index (χ3n) is 2.06. The van der Waals surface area contributed by atoms with Crippen molar-refractivity contribution in [2.24, 2.45) is 0 Å². The molecule has 1 rings (SSSR count). The van der Waals surface area contributed by atoms with Gasteiger partial charge in [-0.2, -0.15) is 0 Å². The fourth-order valence-corrected chi connectivity index (χ4v) is 1.19. The Morgan fingerprint density at radius 3 is 2.46 bits per heavy atom. The van der Waals surface area contributed by atoms with Gasteiger partial charge in [-0.15, -0.1) is 0 Å². The van der Waals surface area contributed by atoms with Crippen molar-refractivity contribution in [1.29, 1.82) is 0 Å². The summed E-state index contributed by atoms with van der Waals surface area (Å²) in [4.78, 5) is 0. The fourth-order valence-electron chi connectivity index (χ4n) is 1.19. The molecule has 0 aliphatic heterocycles. The van der Waals surface area contributed by atoms with Crippen LogP contribution in [0.5, 0.6) is 0 Å². The maximum Gasteiger partial charge on any atom is 0.0824 e. The van der Waals surface area contributed by atoms with Crippen molar-refractivity contribution in [3.05, 3.63) is 47.5 Å². The molecule has 0 saturated heterocycles. The molecule has 0 aliphatic carbocycles. The van der Waals surface area contributed by atoms with E-state index in [1.165, 1.54) is 5.56 Å². The summed E-state index contributed by atoms with van der Waals surface area (Å²) < 4.78 is 0. The lowest BCUT2D eigenvalue weighted by atomic mass is 10.1. The van der Waals surface area contributed by atoms with Crippen LogP contribution in [0.25, 0.3) is 0 Å². The van der Waals surface area contributed by atoms with Crippen LogP contribution in [-0.2, 0) is 0 Å². The Hall–Kier alpha value is -1.08. The van der Waals surface area contributed by atoms with Crippen LogP contribution in [0.15, 0.2) is 36.4 Å². The quantitative estimate of drug-likeness (QED) is 0.702. The molecule has 0 aromatic heterocycles. The van der Waals surface area contributed by atoms with E-state index in [1.807, 2.05) is 50.3 Å². The number of aliphatic hydroxyl groups is 1. The molecular weight excluding hydrogens is 160 g/mol. The highest BCUT2D eigenvalue weighted by molar-refractivity contribution is 5.23. The molecule has 0 unspecified atom stereocenters. The number of benzene rings is 1. The zero-order valence-corrected chi connectivity index (χ0v) is 8.20. The van der Waals surface area contributed by atoms with Crippen molar-refractivity contribution in [2.45, 2.75) is 26.4 Å². The molecule has 1 aromatic rings. The summed E-state index contributed by atoms with van der Waals surface area (Å²) >= 11 is 0. The third kappa shape index (κ3) is 3.03. The van der Waals surface area contributed by atoms with E-state index in [-0.39, 0.29) is 6.10 Å². The normalized spacial score (nSPS) is 13.5. The van der Waals surface area contributed by atoms with Gasteiger partial charge in [-0.3, -0.25) is 0 Å². The van der Waals surface area contributed by atoms with Gasteiger partial charge in [0.05, 0.1) is 6.10 Å². The van der Waals surface area contributed by atoms with Gasteiger partial charge in [-0.05, 0) is 25.8 Å². The molecule has 13 heavy (non-hydrogen) atoms. The molecule has 0 heterocycles. The minimum absolute atomic E-state index is 0.364. The molecule has 0 aliphatic rings. The van der Waals surface area contributed by atoms with E-state index in [1.54, 1.807) is 0 Å². The second-order valence-corrected chi connectivity index (χ2v) is 3.23. The molecule has 0 saturated carbocycles. The first-order valence-electron chi connectivity index (χ1n) is 4.60. The van der Waals surface area contributed by atoms with Gasteiger partial charge in [0.2, 0.25) is 0 Å². The molecule has 1 heteroatoms. The first-order chi connectivity index (χ1) is 6.24. The molecule has 1 atom stereocenters. The van der Waals surface area contributed by atoms with Gasteiger partial charge in [0.15, 0.2) is 0 Å². The zero-order chi connectivity index (χ0) is 9.68. The summed E-state index contributed by atoms with van der Waals surface area (Å²) in [6.45, 7) is 4.00. The van der Waals surface area contributed by atoms with Gasteiger partial charge in [-0.1, -0.05) is 42.0 Å². The summed E-state index contributed by atoms with van der Waals surface area (Å²) in [6, 6.07) is 8.00. The van der Waals surface area contributed by atoms with E-state index >= 15 is 0 Å². The van der Waals surface area contributed by atoms with E-state index in [0.717, 1.165) is 5.56 Å². The van der Waals surface area contributed by atoms with Crippen LogP contribution in [-0.4, -0.2) is 5.11 Å². The summed E-state index contributed by atoms with van der Waals surface area (Å²) in [5, 5.41) is 9.69. The van der Waals surface area contributed by atoms with E-state index in [9.17, 15) is 5.11 Å². The number of aryl methyl sites for hydroxylation is 1. The molecule has 0 fully saturated rings. The van der Waals surface area contributed by atoms with Gasteiger partial charge in [0.1, 0.15) is 0 Å². The standard InChI is InChI=1S/C12H16O/c1-3-4-5-12(13)11-8-6-10(2)7-9-11/h3-4,6-9,12-13H,5H2,1-2H3/t12-/m0/s1. The molecule has 1 nitrogen and oxygen atoms in total. The topological polar surface area (TPSA) is 20.2 Å². The second-order valence-electron chi connectivity index (χ2n) is 3.23. The van der Waals surface area contributed by atoms with Crippen molar-refractivity contribution < 1.29 is 5.11 Å². The van der Waals surface area contributed by atoms with Crippen LogP contribution in [0, 0.1) is 6.92 Å². The van der Waals surface area contributed by atoms with Gasteiger partial charge >= 0.3 is 0 Å². The van der Waals surface area contributed by atoms with Gasteiger partial charge in [0.25, 0.3) is 0 Å². The van der Waals surface area contributed by atoms with Crippen LogP contribution >= 0.6 is 0 Å². The smallest absolute Gasteiger partial charge is 0.0824 e. The number of hydrogen-bond acceptors (Lipinski definition) is 1. The van der Waals surface area contributed by atoms with Crippen molar-refractivity contribution in [3.8, 4) is 0 Å².